The van der Waals surface area contributed by atoms with Crippen LogP contribution in [0.3, 0.4) is 0 Å². The summed E-state index contributed by atoms with van der Waals surface area (Å²) in [5, 5.41) is 4.92. The number of hydrogen-bond acceptors (Lipinski definition) is 4. The van der Waals surface area contributed by atoms with Crippen LogP contribution in [0.1, 0.15) is 5.56 Å². The third kappa shape index (κ3) is 4.71. The van der Waals surface area contributed by atoms with Gasteiger partial charge in [-0.3, -0.25) is 4.72 Å². The van der Waals surface area contributed by atoms with Crippen molar-refractivity contribution in [2.24, 2.45) is 5.14 Å². The molecular formula is C13H12F2N2O4S2. The molecule has 0 aromatic heterocycles. The van der Waals surface area contributed by atoms with Crippen molar-refractivity contribution in [3.05, 3.63) is 59.7 Å². The van der Waals surface area contributed by atoms with Crippen LogP contribution in [0.5, 0.6) is 0 Å². The van der Waals surface area contributed by atoms with Gasteiger partial charge in [0.15, 0.2) is 0 Å². The first kappa shape index (κ1) is 17.3. The number of halogens is 2. The maximum Gasteiger partial charge on any atom is 0.264 e. The molecule has 2 aromatic carbocycles. The highest BCUT2D eigenvalue weighted by Gasteiger charge is 2.20. The maximum atomic E-state index is 13.6. The van der Waals surface area contributed by atoms with Crippen LogP contribution >= 0.6 is 0 Å². The Morgan fingerprint density at radius 2 is 1.70 bits per heavy atom. The molecule has 0 spiro atoms. The van der Waals surface area contributed by atoms with Crippen molar-refractivity contribution in [1.82, 2.24) is 0 Å². The highest BCUT2D eigenvalue weighted by atomic mass is 32.2. The first-order valence-corrected chi connectivity index (χ1v) is 9.34. The lowest BCUT2D eigenvalue weighted by molar-refractivity contribution is 0.551. The molecule has 23 heavy (non-hydrogen) atoms. The van der Waals surface area contributed by atoms with E-state index in [9.17, 15) is 25.6 Å². The standard InChI is InChI=1S/C13H12F2N2O4S2/c14-10-4-5-13(12(15)7-10)23(20,21)17-11-3-1-2-9(6-11)8-22(16,18)19/h1-7,17H,8H2,(H2,16,18,19). The van der Waals surface area contributed by atoms with Gasteiger partial charge >= 0.3 is 0 Å². The second-order valence-corrected chi connectivity index (χ2v) is 7.95. The van der Waals surface area contributed by atoms with Crippen molar-refractivity contribution in [3.8, 4) is 0 Å². The average Bonchev–Trinajstić information content (AvgIpc) is 2.35. The minimum atomic E-state index is -4.29. The van der Waals surface area contributed by atoms with Crippen molar-refractivity contribution in [2.45, 2.75) is 10.6 Å². The zero-order valence-electron chi connectivity index (χ0n) is 11.5. The number of benzene rings is 2. The molecule has 0 heterocycles. The molecule has 0 fully saturated rings. The predicted octanol–water partition coefficient (Wildman–Crippen LogP) is 1.55. The van der Waals surface area contributed by atoms with Crippen LogP contribution < -0.4 is 9.86 Å². The first-order chi connectivity index (χ1) is 10.6. The van der Waals surface area contributed by atoms with E-state index in [-0.39, 0.29) is 11.3 Å². The van der Waals surface area contributed by atoms with Gasteiger partial charge in [-0.15, -0.1) is 0 Å². The number of anilines is 1. The quantitative estimate of drug-likeness (QED) is 0.842. The molecule has 0 amide bonds. The molecule has 0 radical (unpaired) electrons. The lowest BCUT2D eigenvalue weighted by Crippen LogP contribution is -2.16. The summed E-state index contributed by atoms with van der Waals surface area (Å²) in [4.78, 5) is -0.726. The second-order valence-electron chi connectivity index (χ2n) is 4.69. The van der Waals surface area contributed by atoms with E-state index in [0.717, 1.165) is 12.1 Å². The Kier molecular flexibility index (Phi) is 4.68. The third-order valence-electron chi connectivity index (χ3n) is 2.73. The molecule has 2 aromatic rings. The van der Waals surface area contributed by atoms with Gasteiger partial charge in [0.25, 0.3) is 10.0 Å². The van der Waals surface area contributed by atoms with Gasteiger partial charge in [-0.2, -0.15) is 0 Å². The molecule has 0 aliphatic heterocycles. The first-order valence-electron chi connectivity index (χ1n) is 6.14. The molecule has 10 heteroatoms. The van der Waals surface area contributed by atoms with Gasteiger partial charge in [0.05, 0.1) is 5.75 Å². The maximum absolute atomic E-state index is 13.6. The summed E-state index contributed by atoms with van der Waals surface area (Å²) in [7, 11) is -8.07. The van der Waals surface area contributed by atoms with E-state index in [1.165, 1.54) is 24.3 Å². The van der Waals surface area contributed by atoms with Crippen LogP contribution in [0.4, 0.5) is 14.5 Å². The zero-order chi connectivity index (χ0) is 17.3. The van der Waals surface area contributed by atoms with Gasteiger partial charge in [0.2, 0.25) is 10.0 Å². The Hall–Kier alpha value is -2.04. The van der Waals surface area contributed by atoms with E-state index < -0.39 is 42.3 Å². The summed E-state index contributed by atoms with van der Waals surface area (Å²) in [5.41, 5.74) is 0.280. The number of nitrogens with two attached hydrogens (primary N) is 1. The van der Waals surface area contributed by atoms with Gasteiger partial charge in [-0.05, 0) is 29.8 Å². The van der Waals surface area contributed by atoms with Crippen molar-refractivity contribution in [2.75, 3.05) is 4.72 Å². The molecule has 0 aliphatic carbocycles. The molecule has 0 saturated heterocycles. The van der Waals surface area contributed by atoms with Crippen molar-refractivity contribution in [3.63, 3.8) is 0 Å². The fourth-order valence-electron chi connectivity index (χ4n) is 1.86. The van der Waals surface area contributed by atoms with Crippen LogP contribution in [0.25, 0.3) is 0 Å². The van der Waals surface area contributed by atoms with E-state index in [4.69, 9.17) is 5.14 Å². The van der Waals surface area contributed by atoms with Crippen LogP contribution in [-0.4, -0.2) is 16.8 Å². The molecule has 0 atom stereocenters. The van der Waals surface area contributed by atoms with E-state index in [1.807, 2.05) is 0 Å². The third-order valence-corrected chi connectivity index (χ3v) is 4.88. The summed E-state index contributed by atoms with van der Waals surface area (Å²) < 4.78 is 74.9. The Morgan fingerprint density at radius 1 is 1.00 bits per heavy atom. The van der Waals surface area contributed by atoms with Gasteiger partial charge in [-0.25, -0.2) is 30.8 Å². The summed E-state index contributed by atoms with van der Waals surface area (Å²) in [6, 6.07) is 7.53. The average molecular weight is 362 g/mol. The van der Waals surface area contributed by atoms with Crippen LogP contribution in [0, 0.1) is 11.6 Å². The normalized spacial score (nSPS) is 12.1. The molecule has 2 rings (SSSR count). The number of sulfonamides is 2. The van der Waals surface area contributed by atoms with Gasteiger partial charge in [0.1, 0.15) is 16.5 Å². The van der Waals surface area contributed by atoms with Gasteiger partial charge in [-0.1, -0.05) is 12.1 Å². The van der Waals surface area contributed by atoms with E-state index in [0.29, 0.717) is 6.07 Å². The Labute approximate surface area is 132 Å². The van der Waals surface area contributed by atoms with Crippen molar-refractivity contribution >= 4 is 25.7 Å². The minimum absolute atomic E-state index is 0.0230. The topological polar surface area (TPSA) is 106 Å². The summed E-state index contributed by atoms with van der Waals surface area (Å²) >= 11 is 0. The highest BCUT2D eigenvalue weighted by Crippen LogP contribution is 2.20. The lowest BCUT2D eigenvalue weighted by Gasteiger charge is -2.10. The van der Waals surface area contributed by atoms with Gasteiger partial charge < -0.3 is 0 Å². The van der Waals surface area contributed by atoms with Crippen molar-refractivity contribution in [1.29, 1.82) is 0 Å². The molecule has 6 nitrogen and oxygen atoms in total. The van der Waals surface area contributed by atoms with Crippen LogP contribution in [0.2, 0.25) is 0 Å². The molecule has 0 saturated carbocycles. The molecule has 124 valence electrons. The van der Waals surface area contributed by atoms with Crippen LogP contribution in [-0.2, 0) is 25.8 Å². The Bertz CT molecular complexity index is 944. The van der Waals surface area contributed by atoms with Gasteiger partial charge in [0, 0.05) is 11.8 Å². The van der Waals surface area contributed by atoms with E-state index in [1.54, 1.807) is 0 Å². The number of primary sulfonamides is 1. The monoisotopic (exact) mass is 362 g/mol. The summed E-state index contributed by atoms with van der Waals surface area (Å²) in [6.45, 7) is 0. The Balaban J connectivity index is 2.32. The SMILES string of the molecule is NS(=O)(=O)Cc1cccc(NS(=O)(=O)c2ccc(F)cc2F)c1. The molecule has 0 unspecified atom stereocenters. The minimum Gasteiger partial charge on any atom is -0.280 e. The lowest BCUT2D eigenvalue weighted by atomic mass is 10.2. The smallest absolute Gasteiger partial charge is 0.264 e. The van der Waals surface area contributed by atoms with E-state index in [2.05, 4.69) is 4.72 Å². The number of hydrogen-bond donors (Lipinski definition) is 2. The summed E-state index contributed by atoms with van der Waals surface area (Å²) in [6.07, 6.45) is 0. The molecule has 0 aliphatic rings. The largest absolute Gasteiger partial charge is 0.280 e. The highest BCUT2D eigenvalue weighted by molar-refractivity contribution is 7.92. The summed E-state index contributed by atoms with van der Waals surface area (Å²) in [5.74, 6) is -2.62. The van der Waals surface area contributed by atoms with E-state index >= 15 is 0 Å². The number of nitrogens with one attached hydrogen (secondary N) is 1. The molecular weight excluding hydrogens is 350 g/mol. The zero-order valence-corrected chi connectivity index (χ0v) is 13.2. The fraction of sp³-hybridized carbons (Fsp3) is 0.0769. The second kappa shape index (κ2) is 6.22. The van der Waals surface area contributed by atoms with Crippen molar-refractivity contribution < 1.29 is 25.6 Å². The molecule has 0 bridgehead atoms. The Morgan fingerprint density at radius 3 is 2.30 bits per heavy atom. The fourth-order valence-corrected chi connectivity index (χ4v) is 3.61. The number of rotatable bonds is 5. The molecule has 3 N–H and O–H groups in total. The van der Waals surface area contributed by atoms with Crippen LogP contribution in [0.15, 0.2) is 47.4 Å². The predicted molar refractivity (Wildman–Crippen MR) is 80.4 cm³/mol.